The van der Waals surface area contributed by atoms with Crippen LogP contribution in [-0.2, 0) is 17.8 Å². The van der Waals surface area contributed by atoms with E-state index in [1.807, 2.05) is 18.2 Å². The highest BCUT2D eigenvalue weighted by Gasteiger charge is 2.59. The van der Waals surface area contributed by atoms with Gasteiger partial charge in [0, 0.05) is 61.3 Å². The predicted octanol–water partition coefficient (Wildman–Crippen LogP) is 4.43. The molecular weight excluding hydrogens is 581 g/mol. The van der Waals surface area contributed by atoms with Gasteiger partial charge in [-0.1, -0.05) is 36.4 Å². The van der Waals surface area contributed by atoms with Crippen LogP contribution in [0.5, 0.6) is 6.01 Å². The number of likely N-dealkylation sites (tertiary alicyclic amines) is 1. The first-order chi connectivity index (χ1) is 21.3. The second-order valence-corrected chi connectivity index (χ2v) is 13.0. The normalized spacial score (nSPS) is 24.5. The van der Waals surface area contributed by atoms with Gasteiger partial charge in [0.15, 0.2) is 0 Å². The van der Waals surface area contributed by atoms with Crippen LogP contribution in [0.25, 0.3) is 10.8 Å². The molecular formula is C33H35ClFN7O2. The van der Waals surface area contributed by atoms with Crippen LogP contribution in [0.4, 0.5) is 15.9 Å². The summed E-state index contributed by atoms with van der Waals surface area (Å²) in [4.78, 5) is 30.9. The second-order valence-electron chi connectivity index (χ2n) is 12.6. The maximum Gasteiger partial charge on any atom is 0.318 e. The first-order valence-electron chi connectivity index (χ1n) is 15.2. The predicted molar refractivity (Wildman–Crippen MR) is 167 cm³/mol. The maximum absolute atomic E-state index is 14.6. The molecule has 0 N–H and O–H groups in total. The summed E-state index contributed by atoms with van der Waals surface area (Å²) in [5, 5.41) is 11.2. The molecule has 3 aromatic rings. The molecule has 9 nitrogen and oxygen atoms in total. The van der Waals surface area contributed by atoms with E-state index in [-0.39, 0.29) is 28.8 Å². The van der Waals surface area contributed by atoms with Crippen LogP contribution in [0.1, 0.15) is 24.1 Å². The fraction of sp³-hybridized carbons (Fsp3) is 0.455. The Morgan fingerprint density at radius 2 is 2.09 bits per heavy atom. The third-order valence-corrected chi connectivity index (χ3v) is 10.2. The van der Waals surface area contributed by atoms with Crippen molar-refractivity contribution in [1.82, 2.24) is 19.8 Å². The molecule has 0 spiro atoms. The van der Waals surface area contributed by atoms with E-state index in [1.54, 1.807) is 11.0 Å². The van der Waals surface area contributed by atoms with E-state index < -0.39 is 5.82 Å². The zero-order valence-electron chi connectivity index (χ0n) is 24.8. The largest absolute Gasteiger partial charge is 0.463 e. The van der Waals surface area contributed by atoms with Crippen LogP contribution in [0, 0.1) is 28.5 Å². The highest BCUT2D eigenvalue weighted by Crippen LogP contribution is 2.57. The number of piperidine rings is 1. The number of fused-ring (bicyclic) bond motifs is 3. The summed E-state index contributed by atoms with van der Waals surface area (Å²) in [7, 11) is 2.15. The fourth-order valence-electron chi connectivity index (χ4n) is 7.50. The van der Waals surface area contributed by atoms with Gasteiger partial charge in [-0.3, -0.25) is 4.79 Å². The van der Waals surface area contributed by atoms with Crippen molar-refractivity contribution in [3.8, 4) is 12.1 Å². The van der Waals surface area contributed by atoms with E-state index in [2.05, 4.69) is 34.4 Å². The molecule has 3 aliphatic heterocycles. The van der Waals surface area contributed by atoms with Crippen LogP contribution in [0.3, 0.4) is 0 Å². The lowest BCUT2D eigenvalue weighted by atomic mass is 10.0. The van der Waals surface area contributed by atoms with Gasteiger partial charge >= 0.3 is 6.01 Å². The molecule has 7 rings (SSSR count). The van der Waals surface area contributed by atoms with Crippen LogP contribution >= 0.6 is 11.6 Å². The number of amides is 1. The minimum atomic E-state index is -0.444. The minimum absolute atomic E-state index is 0.117. The number of hydrogen-bond acceptors (Lipinski definition) is 8. The van der Waals surface area contributed by atoms with Crippen LogP contribution in [-0.4, -0.2) is 84.6 Å². The fourth-order valence-corrected chi connectivity index (χ4v) is 7.77. The lowest BCUT2D eigenvalue weighted by molar-refractivity contribution is -0.128. The molecule has 0 bridgehead atoms. The number of carbonyl (C=O) groups excluding carboxylic acids is 1. The topological polar surface area (TPSA) is 88.8 Å². The second kappa shape index (κ2) is 11.2. The molecule has 1 amide bonds. The van der Waals surface area contributed by atoms with Crippen molar-refractivity contribution < 1.29 is 13.9 Å². The quantitative estimate of drug-likeness (QED) is 0.361. The highest BCUT2D eigenvalue weighted by molar-refractivity contribution is 6.36. The average Bonchev–Trinajstić information content (AvgIpc) is 3.60. The standard InChI is InChI=1S/C33H35ClFN7O2/c1-3-28(43)42-14-13-41(17-23(42)9-11-36)31-24-10-12-40(27-6-4-5-21-7-8-25(35)30(34)29(21)27)18-26(24)37-32(38-31)44-20-33-15-22(33)16-39(2)19-33/h3-8,22-23H,1,9-10,12-20H2,2H3/t22?,23-,33?/m0/s1. The van der Waals surface area contributed by atoms with Crippen LogP contribution in [0.2, 0.25) is 5.02 Å². The number of anilines is 2. The van der Waals surface area contributed by atoms with Gasteiger partial charge in [-0.25, -0.2) is 4.39 Å². The molecule has 4 aliphatic rings. The third-order valence-electron chi connectivity index (χ3n) is 9.81. The smallest absolute Gasteiger partial charge is 0.318 e. The molecule has 1 saturated carbocycles. The van der Waals surface area contributed by atoms with E-state index in [0.717, 1.165) is 47.7 Å². The lowest BCUT2D eigenvalue weighted by Crippen LogP contribution is -2.55. The summed E-state index contributed by atoms with van der Waals surface area (Å²) in [6.07, 6.45) is 3.36. The third kappa shape index (κ3) is 5.02. The number of piperazine rings is 1. The van der Waals surface area contributed by atoms with E-state index in [4.69, 9.17) is 26.3 Å². The summed E-state index contributed by atoms with van der Waals surface area (Å²) >= 11 is 6.50. The van der Waals surface area contributed by atoms with E-state index in [0.29, 0.717) is 63.1 Å². The van der Waals surface area contributed by atoms with Gasteiger partial charge < -0.3 is 24.3 Å². The molecule has 0 radical (unpaired) electrons. The van der Waals surface area contributed by atoms with Gasteiger partial charge in [0.2, 0.25) is 5.91 Å². The van der Waals surface area contributed by atoms with Gasteiger partial charge in [-0.15, -0.1) is 0 Å². The Labute approximate surface area is 261 Å². The van der Waals surface area contributed by atoms with E-state index in [1.165, 1.54) is 12.1 Å². The molecule has 11 heteroatoms. The summed E-state index contributed by atoms with van der Waals surface area (Å²) < 4.78 is 20.9. The number of halogens is 2. The van der Waals surface area contributed by atoms with Crippen molar-refractivity contribution in [2.24, 2.45) is 11.3 Å². The minimum Gasteiger partial charge on any atom is -0.463 e. The number of aromatic nitrogens is 2. The summed E-state index contributed by atoms with van der Waals surface area (Å²) in [5.74, 6) is 0.840. The van der Waals surface area contributed by atoms with Gasteiger partial charge in [0.05, 0.1) is 42.4 Å². The number of benzene rings is 2. The van der Waals surface area contributed by atoms with Crippen molar-refractivity contribution >= 4 is 39.8 Å². The molecule has 1 aromatic heterocycles. The molecule has 3 atom stereocenters. The van der Waals surface area contributed by atoms with Gasteiger partial charge in [0.25, 0.3) is 0 Å². The van der Waals surface area contributed by atoms with Crippen LogP contribution < -0.4 is 14.5 Å². The molecule has 2 unspecified atom stereocenters. The number of carbonyl (C=O) groups is 1. The highest BCUT2D eigenvalue weighted by atomic mass is 35.5. The summed E-state index contributed by atoms with van der Waals surface area (Å²) in [6.45, 7) is 9.00. The SMILES string of the molecule is C=CC(=O)N1CCN(c2nc(OCC34CC3CN(C)C4)nc3c2CCN(c2cccc4ccc(F)c(Cl)c24)C3)C[C@@H]1CC#N. The summed E-state index contributed by atoms with van der Waals surface area (Å²) in [5.41, 5.74) is 2.92. The molecule has 3 fully saturated rings. The zero-order chi connectivity index (χ0) is 30.6. The Hall–Kier alpha value is -3.94. The molecule has 4 heterocycles. The Balaban J connectivity index is 1.23. The van der Waals surface area contributed by atoms with E-state index in [9.17, 15) is 14.4 Å². The van der Waals surface area contributed by atoms with Gasteiger partial charge in [-0.05, 0) is 49.4 Å². The van der Waals surface area contributed by atoms with Crippen molar-refractivity contribution in [3.63, 3.8) is 0 Å². The number of nitriles is 1. The number of hydrogen-bond donors (Lipinski definition) is 0. The van der Waals surface area contributed by atoms with Crippen molar-refractivity contribution in [2.75, 3.05) is 62.7 Å². The molecule has 228 valence electrons. The van der Waals surface area contributed by atoms with Crippen LogP contribution in [0.15, 0.2) is 43.0 Å². The Bertz CT molecular complexity index is 1690. The Kier molecular flexibility index (Phi) is 7.34. The zero-order valence-corrected chi connectivity index (χ0v) is 25.6. The molecule has 2 aromatic carbocycles. The number of nitrogens with zero attached hydrogens (tertiary/aromatic N) is 7. The van der Waals surface area contributed by atoms with Crippen molar-refractivity contribution in [3.05, 3.63) is 65.1 Å². The molecule has 44 heavy (non-hydrogen) atoms. The van der Waals surface area contributed by atoms with Gasteiger partial charge in [-0.2, -0.15) is 15.2 Å². The van der Waals surface area contributed by atoms with E-state index >= 15 is 0 Å². The Morgan fingerprint density at radius 3 is 2.86 bits per heavy atom. The monoisotopic (exact) mass is 615 g/mol. The molecule has 2 saturated heterocycles. The maximum atomic E-state index is 14.6. The lowest BCUT2D eigenvalue weighted by Gasteiger charge is -2.42. The average molecular weight is 616 g/mol. The number of rotatable bonds is 7. The number of ether oxygens (including phenoxy) is 1. The van der Waals surface area contributed by atoms with Crippen molar-refractivity contribution in [1.29, 1.82) is 5.26 Å². The molecule has 1 aliphatic carbocycles. The Morgan fingerprint density at radius 1 is 1.23 bits per heavy atom. The van der Waals surface area contributed by atoms with Gasteiger partial charge in [0.1, 0.15) is 11.6 Å². The first kappa shape index (κ1) is 28.8. The van der Waals surface area contributed by atoms with Crippen molar-refractivity contribution in [2.45, 2.75) is 31.8 Å². The summed E-state index contributed by atoms with van der Waals surface area (Å²) in [6, 6.07) is 11.3. The first-order valence-corrected chi connectivity index (χ1v) is 15.6.